The number of hydrogen-bond donors (Lipinski definition) is 0. The van der Waals surface area contributed by atoms with E-state index in [2.05, 4.69) is 95.3 Å². The number of nitrogens with zero attached hydrogens (tertiary/aromatic N) is 1. The lowest BCUT2D eigenvalue weighted by atomic mass is 9.89. The maximum atomic E-state index is 14.0. The molecule has 2 atom stereocenters. The van der Waals surface area contributed by atoms with Crippen LogP contribution in [0.3, 0.4) is 0 Å². The first-order valence-electron chi connectivity index (χ1n) is 23.6. The summed E-state index contributed by atoms with van der Waals surface area (Å²) in [6.45, 7) is 12.6. The molecule has 2 heterocycles. The Kier molecular flexibility index (Phi) is 21.3. The van der Waals surface area contributed by atoms with Crippen LogP contribution in [0.15, 0.2) is 60.7 Å². The molecule has 2 aliphatic heterocycles. The van der Waals surface area contributed by atoms with Crippen molar-refractivity contribution in [2.24, 2.45) is 0 Å². The molecule has 7 heteroatoms. The lowest BCUT2D eigenvalue weighted by molar-refractivity contribution is -0.130. The Morgan fingerprint density at radius 3 is 1.54 bits per heavy atom. The van der Waals surface area contributed by atoms with Crippen molar-refractivity contribution in [1.29, 1.82) is 0 Å². The van der Waals surface area contributed by atoms with Gasteiger partial charge in [0.15, 0.2) is 0 Å². The maximum Gasteiger partial charge on any atom is 0.266 e. The number of thiocarbonyl (C=S) groups is 1. The van der Waals surface area contributed by atoms with Gasteiger partial charge < -0.3 is 13.9 Å². The van der Waals surface area contributed by atoms with Crippen molar-refractivity contribution in [2.75, 3.05) is 13.2 Å². The number of hydrogen-bond acceptors (Lipinski definition) is 5. The van der Waals surface area contributed by atoms with Gasteiger partial charge in [-0.25, -0.2) is 0 Å². The smallest absolute Gasteiger partial charge is 0.266 e. The average molecular weight is 820 g/mol. The van der Waals surface area contributed by atoms with Crippen molar-refractivity contribution in [3.63, 3.8) is 0 Å². The van der Waals surface area contributed by atoms with Crippen molar-refractivity contribution >= 4 is 42.0 Å². The molecule has 4 rings (SSSR count). The Morgan fingerprint density at radius 2 is 1.11 bits per heavy atom. The molecule has 320 valence electrons. The summed E-state index contributed by atoms with van der Waals surface area (Å²) in [6.07, 6.45) is 30.2. The highest BCUT2D eigenvalue weighted by Crippen LogP contribution is 2.38. The Morgan fingerprint density at radius 1 is 0.684 bits per heavy atom. The zero-order valence-corrected chi connectivity index (χ0v) is 38.8. The fourth-order valence-corrected chi connectivity index (χ4v) is 14.3. The monoisotopic (exact) mass is 820 g/mol. The molecule has 1 amide bonds. The van der Waals surface area contributed by atoms with Gasteiger partial charge >= 0.3 is 0 Å². The van der Waals surface area contributed by atoms with E-state index in [1.807, 2.05) is 0 Å². The summed E-state index contributed by atoms with van der Waals surface area (Å²) in [5.41, 5.74) is -0.351. The number of ether oxygens (including phenoxy) is 2. The van der Waals surface area contributed by atoms with Crippen LogP contribution in [0.4, 0.5) is 0 Å². The molecule has 0 saturated carbocycles. The van der Waals surface area contributed by atoms with Gasteiger partial charge in [-0.1, -0.05) is 211 Å². The molecule has 2 aliphatic rings. The molecule has 2 fully saturated rings. The minimum atomic E-state index is -2.66. The summed E-state index contributed by atoms with van der Waals surface area (Å²) in [7, 11) is -2.66. The molecule has 2 aromatic rings. The molecule has 0 aliphatic carbocycles. The molecule has 57 heavy (non-hydrogen) atoms. The quantitative estimate of drug-likeness (QED) is 0.0465. The highest BCUT2D eigenvalue weighted by molar-refractivity contribution is 7.80. The van der Waals surface area contributed by atoms with Crippen molar-refractivity contribution in [3.8, 4) is 0 Å². The molecule has 0 N–H and O–H groups in total. The maximum absolute atomic E-state index is 14.0. The lowest BCUT2D eigenvalue weighted by Gasteiger charge is -2.43. The molecule has 0 aromatic heterocycles. The second-order valence-corrected chi connectivity index (χ2v) is 23.2. The zero-order valence-electron chi connectivity index (χ0n) is 37.0. The zero-order chi connectivity index (χ0) is 40.8. The summed E-state index contributed by atoms with van der Waals surface area (Å²) >= 11 is 5.83. The Bertz CT molecular complexity index is 1330. The van der Waals surface area contributed by atoms with Crippen LogP contribution in [0.25, 0.3) is 0 Å². The molecule has 5 nitrogen and oxygen atoms in total. The first kappa shape index (κ1) is 47.6. The number of unbranched alkanes of at least 4 members (excludes halogenated alkanes) is 18. The number of rotatable bonds is 29. The Hall–Kier alpha value is -2.06. The summed E-state index contributed by atoms with van der Waals surface area (Å²) in [5.74, 6) is 0.0478. The molecule has 0 bridgehead atoms. The molecular weight excluding hydrogens is 739 g/mol. The van der Waals surface area contributed by atoms with E-state index in [0.717, 1.165) is 38.5 Å². The van der Waals surface area contributed by atoms with Crippen LogP contribution in [-0.2, 0) is 18.7 Å². The van der Waals surface area contributed by atoms with E-state index in [1.54, 1.807) is 4.90 Å². The van der Waals surface area contributed by atoms with Crippen LogP contribution < -0.4 is 10.4 Å². The first-order chi connectivity index (χ1) is 27.6. The van der Waals surface area contributed by atoms with Crippen LogP contribution in [0.5, 0.6) is 0 Å². The normalized spacial score (nSPS) is 18.3. The Balaban J connectivity index is 1.30. The minimum absolute atomic E-state index is 0.0435. The predicted octanol–water partition coefficient (Wildman–Crippen LogP) is 13.0. The second kappa shape index (κ2) is 25.5. The van der Waals surface area contributed by atoms with E-state index in [9.17, 15) is 4.79 Å². The molecular formula is C50H81NO4SSi. The van der Waals surface area contributed by atoms with Gasteiger partial charge in [-0.05, 0) is 66.2 Å². The molecule has 0 unspecified atom stereocenters. The van der Waals surface area contributed by atoms with Gasteiger partial charge in [-0.2, -0.15) is 0 Å². The van der Waals surface area contributed by atoms with Gasteiger partial charge in [-0.3, -0.25) is 9.69 Å². The summed E-state index contributed by atoms with van der Waals surface area (Å²) in [4.78, 5) is 15.8. The van der Waals surface area contributed by atoms with Gasteiger partial charge in [0.2, 0.25) is 5.91 Å². The van der Waals surface area contributed by atoms with E-state index in [0.29, 0.717) is 24.7 Å². The first-order valence-corrected chi connectivity index (χ1v) is 25.9. The van der Waals surface area contributed by atoms with Gasteiger partial charge in [0.1, 0.15) is 5.60 Å². The van der Waals surface area contributed by atoms with Crippen LogP contribution in [0, 0.1) is 0 Å². The summed E-state index contributed by atoms with van der Waals surface area (Å²) in [5, 5.41) is 2.83. The van der Waals surface area contributed by atoms with Crippen LogP contribution >= 0.6 is 12.2 Å². The molecule has 0 radical (unpaired) electrons. The summed E-state index contributed by atoms with van der Waals surface area (Å²) < 4.78 is 20.4. The molecule has 2 aromatic carbocycles. The average Bonchev–Trinajstić information content (AvgIpc) is 3.80. The molecule has 0 spiro atoms. The molecule has 2 saturated heterocycles. The largest absolute Gasteiger partial charge is 0.462 e. The minimum Gasteiger partial charge on any atom is -0.462 e. The standard InChI is InChI=1S/C50H81NO4SSi/c1-6-8-10-12-14-16-18-20-22-30-38-50(39-31-23-21-19-17-15-13-11-9-7-2)42-51(48(56)55-50)47(52)40-43-36-37-44(54-43)41-53-57(49(3,4)5,45-32-26-24-27-33-45)46-34-28-25-29-35-46/h24-29,32-35,43-44H,6-23,30-31,36-42H2,1-5H3/t43-,44-/m0/s1. The van der Waals surface area contributed by atoms with E-state index < -0.39 is 8.32 Å². The van der Waals surface area contributed by atoms with Gasteiger partial charge in [0.25, 0.3) is 13.5 Å². The number of amides is 1. The predicted molar refractivity (Wildman–Crippen MR) is 247 cm³/mol. The fraction of sp³-hybridized carbons (Fsp3) is 0.720. The van der Waals surface area contributed by atoms with E-state index >= 15 is 0 Å². The lowest BCUT2D eigenvalue weighted by Crippen LogP contribution is -2.67. The van der Waals surface area contributed by atoms with Crippen LogP contribution in [0.1, 0.15) is 195 Å². The summed E-state index contributed by atoms with van der Waals surface area (Å²) in [6, 6.07) is 21.6. The second-order valence-electron chi connectivity index (χ2n) is 18.5. The highest BCUT2D eigenvalue weighted by Gasteiger charge is 2.51. The van der Waals surface area contributed by atoms with Crippen molar-refractivity contribution < 1.29 is 18.7 Å². The van der Waals surface area contributed by atoms with Crippen molar-refractivity contribution in [3.05, 3.63) is 60.7 Å². The SMILES string of the molecule is CCCCCCCCCCCCC1(CCCCCCCCCCCC)CN(C(=O)C[C@@H]2CC[C@@H](CO[Si](c3ccccc3)(c3ccccc3)C(C)(C)C)O2)C(=S)O1. The van der Waals surface area contributed by atoms with Gasteiger partial charge in [0.05, 0.1) is 31.8 Å². The number of benzene rings is 2. The van der Waals surface area contributed by atoms with E-state index in [1.165, 1.54) is 126 Å². The van der Waals surface area contributed by atoms with Gasteiger partial charge in [0, 0.05) is 0 Å². The Labute approximate surface area is 355 Å². The van der Waals surface area contributed by atoms with Gasteiger partial charge in [-0.15, -0.1) is 0 Å². The van der Waals surface area contributed by atoms with Crippen molar-refractivity contribution in [2.45, 2.75) is 218 Å². The topological polar surface area (TPSA) is 48.0 Å². The van der Waals surface area contributed by atoms with Crippen molar-refractivity contribution in [1.82, 2.24) is 4.90 Å². The third kappa shape index (κ3) is 15.2. The number of carbonyl (C=O) groups is 1. The highest BCUT2D eigenvalue weighted by atomic mass is 32.1. The van der Waals surface area contributed by atoms with Crippen LogP contribution in [0.2, 0.25) is 5.04 Å². The third-order valence-corrected chi connectivity index (χ3v) is 18.1. The van der Waals surface area contributed by atoms with Crippen LogP contribution in [-0.4, -0.2) is 55.3 Å². The number of carbonyl (C=O) groups excluding carboxylic acids is 1. The van der Waals surface area contributed by atoms with E-state index in [4.69, 9.17) is 26.1 Å². The fourth-order valence-electron chi connectivity index (χ4n) is 9.41. The van der Waals surface area contributed by atoms with E-state index in [-0.39, 0.29) is 28.8 Å². The third-order valence-electron chi connectivity index (χ3n) is 12.7.